The van der Waals surface area contributed by atoms with Crippen LogP contribution in [0, 0.1) is 5.82 Å². The monoisotopic (exact) mass is 239 g/mol. The lowest BCUT2D eigenvalue weighted by atomic mass is 10.1. The number of phenols is 1. The molecule has 0 amide bonds. The summed E-state index contributed by atoms with van der Waals surface area (Å²) in [6.45, 7) is 6.38. The molecule has 3 nitrogen and oxygen atoms in total. The normalized spacial score (nSPS) is 26.1. The third-order valence-electron chi connectivity index (χ3n) is 2.84. The fourth-order valence-electron chi connectivity index (χ4n) is 2.40. The largest absolute Gasteiger partial charge is 0.508 e. The molecule has 0 spiro atoms. The molecule has 2 rings (SSSR count). The van der Waals surface area contributed by atoms with Crippen molar-refractivity contribution in [1.82, 2.24) is 4.90 Å². The number of hydrogen-bond acceptors (Lipinski definition) is 3. The summed E-state index contributed by atoms with van der Waals surface area (Å²) in [7, 11) is 0. The molecular formula is C13H18FNO2. The highest BCUT2D eigenvalue weighted by Gasteiger charge is 2.22. The Kier molecular flexibility index (Phi) is 3.64. The first kappa shape index (κ1) is 12.3. The van der Waals surface area contributed by atoms with Gasteiger partial charge in [0.1, 0.15) is 11.6 Å². The Morgan fingerprint density at radius 1 is 1.29 bits per heavy atom. The lowest BCUT2D eigenvalue weighted by Gasteiger charge is -2.35. The van der Waals surface area contributed by atoms with E-state index < -0.39 is 5.82 Å². The zero-order valence-electron chi connectivity index (χ0n) is 10.2. The van der Waals surface area contributed by atoms with Crippen LogP contribution in [0.3, 0.4) is 0 Å². The van der Waals surface area contributed by atoms with E-state index in [-0.39, 0.29) is 18.0 Å². The van der Waals surface area contributed by atoms with Gasteiger partial charge in [0.15, 0.2) is 0 Å². The van der Waals surface area contributed by atoms with Gasteiger partial charge in [-0.1, -0.05) is 0 Å². The number of phenolic OH excluding ortho intramolecular Hbond substituents is 1. The standard InChI is InChI=1S/C13H18FNO2/c1-9-6-15(7-10(2)17-9)8-11-3-12(14)5-13(16)4-11/h3-5,9-10,16H,6-8H2,1-2H3/t9-,10+. The summed E-state index contributed by atoms with van der Waals surface area (Å²) in [6.07, 6.45) is 0.391. The lowest BCUT2D eigenvalue weighted by molar-refractivity contribution is -0.0705. The van der Waals surface area contributed by atoms with Crippen LogP contribution in [-0.2, 0) is 11.3 Å². The van der Waals surface area contributed by atoms with E-state index in [0.29, 0.717) is 6.54 Å². The van der Waals surface area contributed by atoms with E-state index in [0.717, 1.165) is 24.7 Å². The van der Waals surface area contributed by atoms with Gasteiger partial charge in [0, 0.05) is 25.7 Å². The van der Waals surface area contributed by atoms with Crippen molar-refractivity contribution in [1.29, 1.82) is 0 Å². The van der Waals surface area contributed by atoms with Gasteiger partial charge in [0.25, 0.3) is 0 Å². The smallest absolute Gasteiger partial charge is 0.127 e. The van der Waals surface area contributed by atoms with E-state index in [1.54, 1.807) is 6.07 Å². The molecule has 4 heteroatoms. The van der Waals surface area contributed by atoms with E-state index in [1.165, 1.54) is 6.07 Å². The summed E-state index contributed by atoms with van der Waals surface area (Å²) < 4.78 is 18.8. The van der Waals surface area contributed by atoms with E-state index in [9.17, 15) is 9.50 Å². The van der Waals surface area contributed by atoms with Crippen LogP contribution in [-0.4, -0.2) is 35.3 Å². The minimum atomic E-state index is -0.394. The second-order valence-electron chi connectivity index (χ2n) is 4.77. The van der Waals surface area contributed by atoms with Crippen molar-refractivity contribution in [3.63, 3.8) is 0 Å². The fraction of sp³-hybridized carbons (Fsp3) is 0.538. The molecule has 1 N–H and O–H groups in total. The summed E-state index contributed by atoms with van der Waals surface area (Å²) in [4.78, 5) is 2.22. The van der Waals surface area contributed by atoms with Crippen LogP contribution in [0.2, 0.25) is 0 Å². The van der Waals surface area contributed by atoms with E-state index >= 15 is 0 Å². The van der Waals surface area contributed by atoms with Crippen LogP contribution in [0.15, 0.2) is 18.2 Å². The Morgan fingerprint density at radius 3 is 2.53 bits per heavy atom. The molecule has 0 radical (unpaired) electrons. The highest BCUT2D eigenvalue weighted by atomic mass is 19.1. The fourth-order valence-corrected chi connectivity index (χ4v) is 2.40. The summed E-state index contributed by atoms with van der Waals surface area (Å²) in [6, 6.07) is 4.19. The van der Waals surface area contributed by atoms with Gasteiger partial charge in [0.05, 0.1) is 12.2 Å². The van der Waals surface area contributed by atoms with Gasteiger partial charge in [-0.2, -0.15) is 0 Å². The first-order chi connectivity index (χ1) is 8.02. The molecule has 1 aromatic carbocycles. The van der Waals surface area contributed by atoms with Gasteiger partial charge in [-0.3, -0.25) is 4.90 Å². The van der Waals surface area contributed by atoms with Crippen molar-refractivity contribution in [3.8, 4) is 5.75 Å². The first-order valence-corrected chi connectivity index (χ1v) is 5.89. The average molecular weight is 239 g/mol. The topological polar surface area (TPSA) is 32.7 Å². The minimum absolute atomic E-state index is 0.0191. The minimum Gasteiger partial charge on any atom is -0.508 e. The Balaban J connectivity index is 2.04. The van der Waals surface area contributed by atoms with Gasteiger partial charge in [-0.15, -0.1) is 0 Å². The number of halogens is 1. The molecule has 0 aliphatic carbocycles. The van der Waals surface area contributed by atoms with Crippen LogP contribution >= 0.6 is 0 Å². The molecule has 0 unspecified atom stereocenters. The summed E-state index contributed by atoms with van der Waals surface area (Å²) in [5.74, 6) is -0.413. The molecule has 0 aromatic heterocycles. The predicted octanol–water partition coefficient (Wildman–Crippen LogP) is 2.14. The van der Waals surface area contributed by atoms with Gasteiger partial charge in [0.2, 0.25) is 0 Å². The molecule has 1 saturated heterocycles. The van der Waals surface area contributed by atoms with Crippen molar-refractivity contribution >= 4 is 0 Å². The molecule has 0 saturated carbocycles. The molecule has 0 bridgehead atoms. The zero-order chi connectivity index (χ0) is 12.4. The van der Waals surface area contributed by atoms with Crippen LogP contribution in [0.25, 0.3) is 0 Å². The highest BCUT2D eigenvalue weighted by Crippen LogP contribution is 2.18. The van der Waals surface area contributed by atoms with Crippen molar-refractivity contribution in [2.45, 2.75) is 32.6 Å². The molecular weight excluding hydrogens is 221 g/mol. The van der Waals surface area contributed by atoms with Crippen molar-refractivity contribution < 1.29 is 14.2 Å². The Morgan fingerprint density at radius 2 is 1.94 bits per heavy atom. The number of ether oxygens (including phenoxy) is 1. The van der Waals surface area contributed by atoms with E-state index in [2.05, 4.69) is 4.90 Å². The SMILES string of the molecule is C[C@@H]1CN(Cc2cc(O)cc(F)c2)C[C@H](C)O1. The average Bonchev–Trinajstić information content (AvgIpc) is 2.13. The number of hydrogen-bond donors (Lipinski definition) is 1. The summed E-state index contributed by atoms with van der Waals surface area (Å²) in [5.41, 5.74) is 0.795. The number of morpholine rings is 1. The second kappa shape index (κ2) is 5.02. The Bertz CT molecular complexity index is 367. The molecule has 2 atom stereocenters. The number of aromatic hydroxyl groups is 1. The lowest BCUT2D eigenvalue weighted by Crippen LogP contribution is -2.44. The third-order valence-corrected chi connectivity index (χ3v) is 2.84. The van der Waals surface area contributed by atoms with Gasteiger partial charge < -0.3 is 9.84 Å². The van der Waals surface area contributed by atoms with Crippen molar-refractivity contribution in [2.24, 2.45) is 0 Å². The van der Waals surface area contributed by atoms with Crippen LogP contribution in [0.4, 0.5) is 4.39 Å². The van der Waals surface area contributed by atoms with Crippen molar-refractivity contribution in [2.75, 3.05) is 13.1 Å². The van der Waals surface area contributed by atoms with E-state index in [4.69, 9.17) is 4.74 Å². The number of benzene rings is 1. The zero-order valence-corrected chi connectivity index (χ0v) is 10.2. The van der Waals surface area contributed by atoms with Crippen LogP contribution in [0.5, 0.6) is 5.75 Å². The molecule has 1 heterocycles. The maximum Gasteiger partial charge on any atom is 0.127 e. The van der Waals surface area contributed by atoms with Crippen LogP contribution in [0.1, 0.15) is 19.4 Å². The summed E-state index contributed by atoms with van der Waals surface area (Å²) >= 11 is 0. The molecule has 94 valence electrons. The number of rotatable bonds is 2. The second-order valence-corrected chi connectivity index (χ2v) is 4.77. The van der Waals surface area contributed by atoms with Crippen LogP contribution < -0.4 is 0 Å². The van der Waals surface area contributed by atoms with Gasteiger partial charge >= 0.3 is 0 Å². The molecule has 1 fully saturated rings. The quantitative estimate of drug-likeness (QED) is 0.858. The Hall–Kier alpha value is -1.13. The maximum atomic E-state index is 13.1. The molecule has 1 aromatic rings. The molecule has 1 aliphatic heterocycles. The van der Waals surface area contributed by atoms with Gasteiger partial charge in [-0.05, 0) is 31.5 Å². The van der Waals surface area contributed by atoms with E-state index in [1.807, 2.05) is 13.8 Å². The summed E-state index contributed by atoms with van der Waals surface area (Å²) in [5, 5.41) is 9.34. The molecule has 17 heavy (non-hydrogen) atoms. The number of nitrogens with zero attached hydrogens (tertiary/aromatic N) is 1. The predicted molar refractivity (Wildman–Crippen MR) is 63.4 cm³/mol. The third kappa shape index (κ3) is 3.41. The molecule has 1 aliphatic rings. The maximum absolute atomic E-state index is 13.1. The highest BCUT2D eigenvalue weighted by molar-refractivity contribution is 5.28. The Labute approximate surface area is 101 Å². The van der Waals surface area contributed by atoms with Crippen molar-refractivity contribution in [3.05, 3.63) is 29.6 Å². The first-order valence-electron chi connectivity index (χ1n) is 5.89. The van der Waals surface area contributed by atoms with Gasteiger partial charge in [-0.25, -0.2) is 4.39 Å².